The molecule has 0 aliphatic heterocycles. The van der Waals surface area contributed by atoms with Crippen molar-refractivity contribution in [1.82, 2.24) is 0 Å². The molecule has 3 rings (SSSR count). The van der Waals surface area contributed by atoms with E-state index in [1.807, 2.05) is 24.3 Å². The van der Waals surface area contributed by atoms with Gasteiger partial charge in [-0.2, -0.15) is 0 Å². The molecule has 0 bridgehead atoms. The molecular weight excluding hydrogens is 384 g/mol. The number of rotatable bonds is 10. The maximum Gasteiger partial charge on any atom is 0.162 e. The topological polar surface area (TPSA) is 71.1 Å². The molecule has 0 saturated heterocycles. The summed E-state index contributed by atoms with van der Waals surface area (Å²) in [5.74, 6) is 2.06. The van der Waals surface area contributed by atoms with Gasteiger partial charge in [0, 0.05) is 11.1 Å². The first-order chi connectivity index (χ1) is 14.7. The van der Waals surface area contributed by atoms with Gasteiger partial charge in [0.25, 0.3) is 0 Å². The summed E-state index contributed by atoms with van der Waals surface area (Å²) in [6.45, 7) is 0.535. The maximum absolute atomic E-state index is 11.1. The minimum atomic E-state index is 0.268. The molecule has 0 aliphatic carbocycles. The Bertz CT molecular complexity index is 945. The SMILES string of the molecule is COc1ccc(C=O)cc1OCc1ccccc1COc1cc(C=O)ccc1OC. The van der Waals surface area contributed by atoms with Gasteiger partial charge in [0.1, 0.15) is 25.8 Å². The molecule has 0 fully saturated rings. The fourth-order valence-electron chi connectivity index (χ4n) is 2.91. The van der Waals surface area contributed by atoms with Gasteiger partial charge in [-0.25, -0.2) is 0 Å². The lowest BCUT2D eigenvalue weighted by molar-refractivity contribution is 0.111. The highest BCUT2D eigenvalue weighted by molar-refractivity contribution is 5.77. The molecule has 0 aromatic heterocycles. The number of carbonyl (C=O) groups excluding carboxylic acids is 2. The number of carbonyl (C=O) groups is 2. The Labute approximate surface area is 175 Å². The van der Waals surface area contributed by atoms with Crippen LogP contribution in [0.4, 0.5) is 0 Å². The fraction of sp³-hybridized carbons (Fsp3) is 0.167. The van der Waals surface area contributed by atoms with Crippen molar-refractivity contribution in [2.24, 2.45) is 0 Å². The van der Waals surface area contributed by atoms with E-state index in [9.17, 15) is 9.59 Å². The Balaban J connectivity index is 1.76. The van der Waals surface area contributed by atoms with Crippen molar-refractivity contribution >= 4 is 12.6 Å². The normalized spacial score (nSPS) is 10.2. The third-order valence-corrected chi connectivity index (χ3v) is 4.53. The van der Waals surface area contributed by atoms with Crippen molar-refractivity contribution in [3.8, 4) is 23.0 Å². The predicted octanol–water partition coefficient (Wildman–Crippen LogP) is 4.49. The lowest BCUT2D eigenvalue weighted by Crippen LogP contribution is -2.05. The molecule has 154 valence electrons. The average molecular weight is 406 g/mol. The maximum atomic E-state index is 11.1. The molecule has 0 aliphatic rings. The summed E-state index contributed by atoms with van der Waals surface area (Å²) in [5.41, 5.74) is 2.84. The summed E-state index contributed by atoms with van der Waals surface area (Å²) in [5, 5.41) is 0. The number of methoxy groups -OCH3 is 2. The van der Waals surface area contributed by atoms with Gasteiger partial charge < -0.3 is 18.9 Å². The highest BCUT2D eigenvalue weighted by atomic mass is 16.5. The highest BCUT2D eigenvalue weighted by Gasteiger charge is 2.11. The predicted molar refractivity (Wildman–Crippen MR) is 112 cm³/mol. The Hall–Kier alpha value is -3.80. The van der Waals surface area contributed by atoms with Gasteiger partial charge in [-0.3, -0.25) is 9.59 Å². The summed E-state index contributed by atoms with van der Waals surface area (Å²) in [6.07, 6.45) is 1.52. The number of benzene rings is 3. The molecule has 6 nitrogen and oxygen atoms in total. The Morgan fingerprint density at radius 1 is 0.633 bits per heavy atom. The van der Waals surface area contributed by atoms with Gasteiger partial charge in [0.2, 0.25) is 0 Å². The van der Waals surface area contributed by atoms with Crippen LogP contribution in [-0.4, -0.2) is 26.8 Å². The highest BCUT2D eigenvalue weighted by Crippen LogP contribution is 2.30. The minimum absolute atomic E-state index is 0.268. The molecule has 0 saturated carbocycles. The van der Waals surface area contributed by atoms with Crippen LogP contribution in [0.15, 0.2) is 60.7 Å². The van der Waals surface area contributed by atoms with Crippen molar-refractivity contribution < 1.29 is 28.5 Å². The molecule has 6 heteroatoms. The van der Waals surface area contributed by atoms with Crippen LogP contribution in [0.25, 0.3) is 0 Å². The zero-order valence-electron chi connectivity index (χ0n) is 16.8. The summed E-state index contributed by atoms with van der Waals surface area (Å²) in [4.78, 5) is 22.1. The van der Waals surface area contributed by atoms with Crippen LogP contribution in [0.2, 0.25) is 0 Å². The number of hydrogen-bond donors (Lipinski definition) is 0. The van der Waals surface area contributed by atoms with E-state index in [2.05, 4.69) is 0 Å². The molecular formula is C24H22O6. The van der Waals surface area contributed by atoms with Gasteiger partial charge in [-0.1, -0.05) is 24.3 Å². The standard InChI is InChI=1S/C24H22O6/c1-27-21-9-7-17(13-25)11-23(21)29-15-19-5-3-4-6-20(19)16-30-24-12-18(14-26)8-10-22(24)28-2/h3-14H,15-16H2,1-2H3. The van der Waals surface area contributed by atoms with E-state index >= 15 is 0 Å². The number of ether oxygens (including phenoxy) is 4. The molecule has 0 N–H and O–H groups in total. The quantitative estimate of drug-likeness (QED) is 0.462. The van der Waals surface area contributed by atoms with E-state index in [0.717, 1.165) is 23.7 Å². The van der Waals surface area contributed by atoms with E-state index in [1.165, 1.54) is 0 Å². The molecule has 30 heavy (non-hydrogen) atoms. The summed E-state index contributed by atoms with van der Waals surface area (Å²) in [7, 11) is 3.09. The largest absolute Gasteiger partial charge is 0.493 e. The lowest BCUT2D eigenvalue weighted by atomic mass is 10.1. The first-order valence-electron chi connectivity index (χ1n) is 9.27. The number of aldehydes is 2. The van der Waals surface area contributed by atoms with Crippen molar-refractivity contribution in [1.29, 1.82) is 0 Å². The fourth-order valence-corrected chi connectivity index (χ4v) is 2.91. The second-order valence-electron chi connectivity index (χ2n) is 6.40. The summed E-state index contributed by atoms with van der Waals surface area (Å²) in [6, 6.07) is 17.7. The molecule has 0 unspecified atom stereocenters. The van der Waals surface area contributed by atoms with E-state index in [-0.39, 0.29) is 13.2 Å². The van der Waals surface area contributed by atoms with Gasteiger partial charge in [0.05, 0.1) is 14.2 Å². The van der Waals surface area contributed by atoms with Gasteiger partial charge >= 0.3 is 0 Å². The Morgan fingerprint density at radius 3 is 1.43 bits per heavy atom. The van der Waals surface area contributed by atoms with Crippen molar-refractivity contribution in [3.63, 3.8) is 0 Å². The minimum Gasteiger partial charge on any atom is -0.493 e. The van der Waals surface area contributed by atoms with Gasteiger partial charge in [0.15, 0.2) is 23.0 Å². The van der Waals surface area contributed by atoms with Gasteiger partial charge in [-0.05, 0) is 47.5 Å². The third kappa shape index (κ3) is 4.97. The van der Waals surface area contributed by atoms with Crippen LogP contribution in [0.5, 0.6) is 23.0 Å². The molecule has 3 aromatic rings. The zero-order chi connectivity index (χ0) is 21.3. The molecule has 0 heterocycles. The van der Waals surface area contributed by atoms with E-state index in [1.54, 1.807) is 50.6 Å². The monoisotopic (exact) mass is 406 g/mol. The first-order valence-corrected chi connectivity index (χ1v) is 9.27. The van der Waals surface area contributed by atoms with E-state index < -0.39 is 0 Å². The second-order valence-corrected chi connectivity index (χ2v) is 6.40. The zero-order valence-corrected chi connectivity index (χ0v) is 16.8. The van der Waals surface area contributed by atoms with Crippen LogP contribution in [0.1, 0.15) is 31.8 Å². The summed E-state index contributed by atoms with van der Waals surface area (Å²) < 4.78 is 22.5. The lowest BCUT2D eigenvalue weighted by Gasteiger charge is -2.15. The third-order valence-electron chi connectivity index (χ3n) is 4.53. The molecule has 0 spiro atoms. The van der Waals surface area contributed by atoms with Crippen molar-refractivity contribution in [2.45, 2.75) is 13.2 Å². The molecule has 0 atom stereocenters. The Morgan fingerprint density at radius 2 is 1.07 bits per heavy atom. The second kappa shape index (κ2) is 10.1. The van der Waals surface area contributed by atoms with Crippen molar-refractivity contribution in [2.75, 3.05) is 14.2 Å². The van der Waals surface area contributed by atoms with Crippen LogP contribution in [-0.2, 0) is 13.2 Å². The van der Waals surface area contributed by atoms with Gasteiger partial charge in [-0.15, -0.1) is 0 Å². The van der Waals surface area contributed by atoms with Crippen LogP contribution >= 0.6 is 0 Å². The van der Waals surface area contributed by atoms with Crippen LogP contribution < -0.4 is 18.9 Å². The van der Waals surface area contributed by atoms with E-state index in [4.69, 9.17) is 18.9 Å². The molecule has 0 amide bonds. The Kier molecular flexibility index (Phi) is 7.05. The average Bonchev–Trinajstić information content (AvgIpc) is 2.81. The van der Waals surface area contributed by atoms with Crippen molar-refractivity contribution in [3.05, 3.63) is 82.9 Å². The number of hydrogen-bond acceptors (Lipinski definition) is 6. The first kappa shape index (κ1) is 20.9. The smallest absolute Gasteiger partial charge is 0.162 e. The van der Waals surface area contributed by atoms with Crippen LogP contribution in [0, 0.1) is 0 Å². The van der Waals surface area contributed by atoms with Crippen LogP contribution in [0.3, 0.4) is 0 Å². The summed E-state index contributed by atoms with van der Waals surface area (Å²) >= 11 is 0. The van der Waals surface area contributed by atoms with E-state index in [0.29, 0.717) is 34.1 Å². The molecule has 3 aromatic carbocycles. The molecule has 0 radical (unpaired) electrons.